The molecule has 0 aromatic carbocycles. The molecule has 0 amide bonds. The fourth-order valence-electron chi connectivity index (χ4n) is 1.20. The van der Waals surface area contributed by atoms with Gasteiger partial charge in [0.2, 0.25) is 5.88 Å². The van der Waals surface area contributed by atoms with Crippen molar-refractivity contribution in [2.24, 2.45) is 0 Å². The van der Waals surface area contributed by atoms with Crippen molar-refractivity contribution >= 4 is 11.5 Å². The zero-order chi connectivity index (χ0) is 10.6. The Morgan fingerprint density at radius 2 is 2.14 bits per heavy atom. The van der Waals surface area contributed by atoms with E-state index in [1.54, 1.807) is 12.1 Å². The highest BCUT2D eigenvalue weighted by atomic mass is 16.5. The topological polar surface area (TPSA) is 74.2 Å². The van der Waals surface area contributed by atoms with Gasteiger partial charge in [-0.2, -0.15) is 4.98 Å². The fraction of sp³-hybridized carbons (Fsp3) is 0.500. The Balaban J connectivity index is 2.63. The average Bonchev–Trinajstić information content (AvgIpc) is 2.12. The first kappa shape index (κ1) is 10.6. The molecule has 1 aromatic rings. The summed E-state index contributed by atoms with van der Waals surface area (Å²) in [7, 11) is 0. The molecule has 1 atom stereocenters. The lowest BCUT2D eigenvalue weighted by molar-refractivity contribution is 0.202. The van der Waals surface area contributed by atoms with Crippen molar-refractivity contribution in [3.8, 4) is 5.88 Å². The van der Waals surface area contributed by atoms with Crippen molar-refractivity contribution in [3.63, 3.8) is 0 Å². The summed E-state index contributed by atoms with van der Waals surface area (Å²) >= 11 is 0. The van der Waals surface area contributed by atoms with Gasteiger partial charge in [-0.25, -0.2) is 0 Å². The van der Waals surface area contributed by atoms with Gasteiger partial charge in [0.05, 0.1) is 11.8 Å². The molecule has 1 aromatic heterocycles. The molecule has 1 unspecified atom stereocenters. The van der Waals surface area contributed by atoms with E-state index in [1.165, 1.54) is 0 Å². The normalized spacial score (nSPS) is 12.4. The third-order valence-corrected chi connectivity index (χ3v) is 1.95. The van der Waals surface area contributed by atoms with E-state index in [2.05, 4.69) is 11.9 Å². The van der Waals surface area contributed by atoms with Gasteiger partial charge < -0.3 is 16.2 Å². The number of aromatic nitrogens is 1. The quantitative estimate of drug-likeness (QED) is 0.768. The van der Waals surface area contributed by atoms with Crippen molar-refractivity contribution in [2.45, 2.75) is 32.8 Å². The Kier molecular flexibility index (Phi) is 3.56. The van der Waals surface area contributed by atoms with Gasteiger partial charge in [0.15, 0.2) is 5.82 Å². The summed E-state index contributed by atoms with van der Waals surface area (Å²) < 4.78 is 5.54. The largest absolute Gasteiger partial charge is 0.475 e. The van der Waals surface area contributed by atoms with Crippen LogP contribution in [0.5, 0.6) is 5.88 Å². The Labute approximate surface area is 84.3 Å². The van der Waals surface area contributed by atoms with Gasteiger partial charge in [-0.15, -0.1) is 0 Å². The molecule has 0 aliphatic rings. The third kappa shape index (κ3) is 2.80. The SMILES string of the molecule is CCCC(C)Oc1ccc(N)c(N)n1. The molecule has 0 aliphatic heterocycles. The van der Waals surface area contributed by atoms with Crippen LogP contribution in [0.2, 0.25) is 0 Å². The van der Waals surface area contributed by atoms with E-state index in [9.17, 15) is 0 Å². The summed E-state index contributed by atoms with van der Waals surface area (Å²) in [6.45, 7) is 4.13. The second-order valence-electron chi connectivity index (χ2n) is 3.34. The lowest BCUT2D eigenvalue weighted by Gasteiger charge is -2.13. The number of rotatable bonds is 4. The highest BCUT2D eigenvalue weighted by molar-refractivity contribution is 5.58. The molecule has 14 heavy (non-hydrogen) atoms. The van der Waals surface area contributed by atoms with Crippen molar-refractivity contribution in [3.05, 3.63) is 12.1 Å². The maximum absolute atomic E-state index is 5.55. The molecule has 78 valence electrons. The van der Waals surface area contributed by atoms with Gasteiger partial charge in [0.1, 0.15) is 0 Å². The summed E-state index contributed by atoms with van der Waals surface area (Å²) in [6, 6.07) is 3.44. The van der Waals surface area contributed by atoms with Crippen LogP contribution in [0, 0.1) is 0 Å². The molecular weight excluding hydrogens is 178 g/mol. The van der Waals surface area contributed by atoms with Gasteiger partial charge in [-0.1, -0.05) is 13.3 Å². The molecule has 0 aliphatic carbocycles. The van der Waals surface area contributed by atoms with Gasteiger partial charge in [-0.3, -0.25) is 0 Å². The van der Waals surface area contributed by atoms with Crippen LogP contribution in [0.1, 0.15) is 26.7 Å². The molecule has 4 heteroatoms. The van der Waals surface area contributed by atoms with Crippen LogP contribution in [-0.2, 0) is 0 Å². The number of nitrogen functional groups attached to an aromatic ring is 2. The fourth-order valence-corrected chi connectivity index (χ4v) is 1.20. The number of hydrogen-bond acceptors (Lipinski definition) is 4. The van der Waals surface area contributed by atoms with Crippen molar-refractivity contribution in [1.82, 2.24) is 4.98 Å². The van der Waals surface area contributed by atoms with Crippen LogP contribution in [0.15, 0.2) is 12.1 Å². The Bertz CT molecular complexity index is 301. The molecule has 0 spiro atoms. The molecule has 4 N–H and O–H groups in total. The summed E-state index contributed by atoms with van der Waals surface area (Å²) in [5.74, 6) is 0.865. The standard InChI is InChI=1S/C10H17N3O/c1-3-4-7(2)14-9-6-5-8(11)10(12)13-9/h5-7H,3-4,11H2,1-2H3,(H2,12,13). The molecule has 0 saturated heterocycles. The predicted octanol–water partition coefficient (Wildman–Crippen LogP) is 1.81. The summed E-state index contributed by atoms with van der Waals surface area (Å²) in [6.07, 6.45) is 2.26. The van der Waals surface area contributed by atoms with Crippen LogP contribution < -0.4 is 16.2 Å². The van der Waals surface area contributed by atoms with E-state index < -0.39 is 0 Å². The van der Waals surface area contributed by atoms with Crippen LogP contribution in [-0.4, -0.2) is 11.1 Å². The first-order valence-corrected chi connectivity index (χ1v) is 4.82. The molecule has 0 radical (unpaired) electrons. The Morgan fingerprint density at radius 3 is 2.71 bits per heavy atom. The number of hydrogen-bond donors (Lipinski definition) is 2. The van der Waals surface area contributed by atoms with Crippen molar-refractivity contribution < 1.29 is 4.74 Å². The van der Waals surface area contributed by atoms with Gasteiger partial charge in [-0.05, 0) is 19.4 Å². The second kappa shape index (κ2) is 4.69. The molecule has 1 heterocycles. The van der Waals surface area contributed by atoms with Crippen LogP contribution in [0.25, 0.3) is 0 Å². The molecular formula is C10H17N3O. The number of nitrogens with two attached hydrogens (primary N) is 2. The minimum absolute atomic E-state index is 0.163. The van der Waals surface area contributed by atoms with E-state index in [1.807, 2.05) is 6.92 Å². The molecule has 0 bridgehead atoms. The first-order chi connectivity index (χ1) is 6.63. The van der Waals surface area contributed by atoms with Crippen LogP contribution in [0.4, 0.5) is 11.5 Å². The molecule has 0 saturated carbocycles. The highest BCUT2D eigenvalue weighted by Gasteiger charge is 2.05. The van der Waals surface area contributed by atoms with E-state index in [0.29, 0.717) is 17.4 Å². The molecule has 0 fully saturated rings. The van der Waals surface area contributed by atoms with Gasteiger partial charge in [0.25, 0.3) is 0 Å². The Hall–Kier alpha value is -1.45. The lowest BCUT2D eigenvalue weighted by atomic mass is 10.2. The minimum atomic E-state index is 0.163. The number of pyridine rings is 1. The zero-order valence-corrected chi connectivity index (χ0v) is 8.66. The van der Waals surface area contributed by atoms with E-state index in [-0.39, 0.29) is 6.10 Å². The molecule has 1 rings (SSSR count). The van der Waals surface area contributed by atoms with Gasteiger partial charge >= 0.3 is 0 Å². The van der Waals surface area contributed by atoms with Gasteiger partial charge in [0, 0.05) is 6.07 Å². The summed E-state index contributed by atoms with van der Waals surface area (Å²) in [4.78, 5) is 4.03. The summed E-state index contributed by atoms with van der Waals surface area (Å²) in [5, 5.41) is 0. The first-order valence-electron chi connectivity index (χ1n) is 4.82. The maximum atomic E-state index is 5.55. The number of ether oxygens (including phenoxy) is 1. The zero-order valence-electron chi connectivity index (χ0n) is 8.66. The third-order valence-electron chi connectivity index (χ3n) is 1.95. The highest BCUT2D eigenvalue weighted by Crippen LogP contribution is 2.18. The number of nitrogens with zero attached hydrogens (tertiary/aromatic N) is 1. The van der Waals surface area contributed by atoms with E-state index >= 15 is 0 Å². The smallest absolute Gasteiger partial charge is 0.215 e. The summed E-state index contributed by atoms with van der Waals surface area (Å²) in [5.41, 5.74) is 11.6. The molecule has 4 nitrogen and oxygen atoms in total. The van der Waals surface area contributed by atoms with E-state index in [0.717, 1.165) is 12.8 Å². The lowest BCUT2D eigenvalue weighted by Crippen LogP contribution is -2.12. The van der Waals surface area contributed by atoms with Crippen molar-refractivity contribution in [1.29, 1.82) is 0 Å². The Morgan fingerprint density at radius 1 is 1.43 bits per heavy atom. The monoisotopic (exact) mass is 195 g/mol. The number of anilines is 2. The minimum Gasteiger partial charge on any atom is -0.475 e. The van der Waals surface area contributed by atoms with Crippen LogP contribution >= 0.6 is 0 Å². The second-order valence-corrected chi connectivity index (χ2v) is 3.34. The van der Waals surface area contributed by atoms with Crippen LogP contribution in [0.3, 0.4) is 0 Å². The van der Waals surface area contributed by atoms with Crippen molar-refractivity contribution in [2.75, 3.05) is 11.5 Å². The average molecular weight is 195 g/mol. The maximum Gasteiger partial charge on any atom is 0.215 e. The predicted molar refractivity (Wildman–Crippen MR) is 58.1 cm³/mol. The van der Waals surface area contributed by atoms with E-state index in [4.69, 9.17) is 16.2 Å².